The fourth-order valence-corrected chi connectivity index (χ4v) is 4.51. The molecule has 1 aliphatic rings. The van der Waals surface area contributed by atoms with Gasteiger partial charge in [0.25, 0.3) is 0 Å². The molecule has 1 heterocycles. The molecule has 1 aromatic heterocycles. The average Bonchev–Trinajstić information content (AvgIpc) is 3.46. The third-order valence-corrected chi connectivity index (χ3v) is 6.33. The van der Waals surface area contributed by atoms with Crippen LogP contribution in [0.2, 0.25) is 0 Å². The fraction of sp³-hybridized carbons (Fsp3) is 0.296. The van der Waals surface area contributed by atoms with Crippen molar-refractivity contribution in [1.82, 2.24) is 5.32 Å². The maximum absolute atomic E-state index is 12.8. The lowest BCUT2D eigenvalue weighted by atomic mass is 9.88. The highest BCUT2D eigenvalue weighted by Crippen LogP contribution is 2.50. The van der Waals surface area contributed by atoms with Crippen LogP contribution >= 0.6 is 0 Å². The second-order valence-corrected chi connectivity index (χ2v) is 8.28. The quantitative estimate of drug-likeness (QED) is 0.489. The summed E-state index contributed by atoms with van der Waals surface area (Å²) in [6.07, 6.45) is 3.98. The van der Waals surface area contributed by atoms with E-state index in [0.717, 1.165) is 28.0 Å². The summed E-state index contributed by atoms with van der Waals surface area (Å²) in [6, 6.07) is 13.1. The maximum Gasteiger partial charge on any atom is 0.221 e. The second-order valence-electron chi connectivity index (χ2n) is 8.28. The minimum Gasteiger partial charge on any atom is -0.502 e. The van der Waals surface area contributed by atoms with Crippen molar-refractivity contribution in [3.63, 3.8) is 0 Å². The van der Waals surface area contributed by atoms with Crippen LogP contribution in [0.3, 0.4) is 0 Å². The molecule has 0 saturated carbocycles. The lowest BCUT2D eigenvalue weighted by molar-refractivity contribution is -0.121. The van der Waals surface area contributed by atoms with Crippen LogP contribution < -0.4 is 19.5 Å². The van der Waals surface area contributed by atoms with Crippen molar-refractivity contribution in [2.24, 2.45) is 5.92 Å². The van der Waals surface area contributed by atoms with E-state index in [1.807, 2.05) is 24.3 Å². The SMILES string of the molecule is COc1ccc2c(c1)C(CC(=O)NCc1ccco1)C(C)C2=Cc1cc(OC)c(O)c(OC)c1. The number of ether oxygens (including phenoxy) is 3. The van der Waals surface area contributed by atoms with E-state index in [2.05, 4.69) is 18.3 Å². The van der Waals surface area contributed by atoms with Crippen LogP contribution in [-0.2, 0) is 11.3 Å². The Morgan fingerprint density at radius 1 is 1.09 bits per heavy atom. The number of aromatic hydroxyl groups is 1. The zero-order valence-electron chi connectivity index (χ0n) is 19.8. The summed E-state index contributed by atoms with van der Waals surface area (Å²) in [5.74, 6) is 2.10. The molecule has 34 heavy (non-hydrogen) atoms. The van der Waals surface area contributed by atoms with Crippen molar-refractivity contribution in [2.45, 2.75) is 25.8 Å². The first-order valence-electron chi connectivity index (χ1n) is 11.1. The van der Waals surface area contributed by atoms with Gasteiger partial charge < -0.3 is 29.1 Å². The van der Waals surface area contributed by atoms with Gasteiger partial charge in [0, 0.05) is 6.42 Å². The average molecular weight is 464 g/mol. The summed E-state index contributed by atoms with van der Waals surface area (Å²) in [5, 5.41) is 13.2. The first-order valence-corrected chi connectivity index (χ1v) is 11.1. The van der Waals surface area contributed by atoms with E-state index in [-0.39, 0.29) is 23.5 Å². The number of rotatable bonds is 8. The van der Waals surface area contributed by atoms with E-state index in [4.69, 9.17) is 18.6 Å². The molecule has 4 rings (SSSR count). The Hall–Kier alpha value is -3.87. The molecule has 0 spiro atoms. The molecule has 3 aromatic rings. The number of hydrogen-bond donors (Lipinski definition) is 2. The topological polar surface area (TPSA) is 90.2 Å². The lowest BCUT2D eigenvalue weighted by Gasteiger charge is -2.17. The number of methoxy groups -OCH3 is 3. The number of carbonyl (C=O) groups is 1. The van der Waals surface area contributed by atoms with Crippen molar-refractivity contribution >= 4 is 17.6 Å². The third-order valence-electron chi connectivity index (χ3n) is 6.33. The molecule has 0 aliphatic heterocycles. The highest BCUT2D eigenvalue weighted by molar-refractivity contribution is 5.90. The van der Waals surface area contributed by atoms with E-state index in [1.54, 1.807) is 31.6 Å². The minimum absolute atomic E-state index is 0.0196. The van der Waals surface area contributed by atoms with Gasteiger partial charge in [0.15, 0.2) is 11.5 Å². The largest absolute Gasteiger partial charge is 0.502 e. The van der Waals surface area contributed by atoms with Crippen molar-refractivity contribution in [3.8, 4) is 23.0 Å². The summed E-state index contributed by atoms with van der Waals surface area (Å²) < 4.78 is 21.4. The third kappa shape index (κ3) is 4.59. The molecule has 0 saturated heterocycles. The summed E-state index contributed by atoms with van der Waals surface area (Å²) >= 11 is 0. The molecule has 7 nitrogen and oxygen atoms in total. The Morgan fingerprint density at radius 2 is 1.82 bits per heavy atom. The number of furan rings is 1. The number of allylic oxidation sites excluding steroid dienone is 1. The van der Waals surface area contributed by atoms with Gasteiger partial charge in [-0.2, -0.15) is 0 Å². The Morgan fingerprint density at radius 3 is 2.44 bits per heavy atom. The number of phenolic OH excluding ortho intramolecular Hbond substituents is 1. The summed E-state index contributed by atoms with van der Waals surface area (Å²) in [5.41, 5.74) is 4.07. The minimum atomic E-state index is -0.0451. The summed E-state index contributed by atoms with van der Waals surface area (Å²) in [6.45, 7) is 2.48. The predicted octanol–water partition coefficient (Wildman–Crippen LogP) is 4.99. The van der Waals surface area contributed by atoms with Gasteiger partial charge >= 0.3 is 0 Å². The number of amides is 1. The highest BCUT2D eigenvalue weighted by Gasteiger charge is 2.35. The smallest absolute Gasteiger partial charge is 0.221 e. The maximum atomic E-state index is 12.8. The number of benzene rings is 2. The van der Waals surface area contributed by atoms with Crippen molar-refractivity contribution in [1.29, 1.82) is 0 Å². The van der Waals surface area contributed by atoms with Crippen LogP contribution in [0.15, 0.2) is 53.1 Å². The van der Waals surface area contributed by atoms with Gasteiger partial charge in [0.05, 0.1) is 34.1 Å². The standard InChI is InChI=1S/C27H29NO6/c1-16-21(10-17-11-24(32-3)27(30)25(12-17)33-4)20-8-7-18(31-2)13-23(20)22(16)14-26(29)28-15-19-6-5-9-34-19/h5-13,16,22,30H,14-15H2,1-4H3,(H,28,29). The van der Waals surface area contributed by atoms with Gasteiger partial charge in [-0.3, -0.25) is 4.79 Å². The predicted molar refractivity (Wildman–Crippen MR) is 129 cm³/mol. The molecule has 1 amide bonds. The van der Waals surface area contributed by atoms with Gasteiger partial charge in [-0.25, -0.2) is 0 Å². The molecular weight excluding hydrogens is 434 g/mol. The lowest BCUT2D eigenvalue weighted by Crippen LogP contribution is -2.25. The van der Waals surface area contributed by atoms with Gasteiger partial charge in [0.2, 0.25) is 11.7 Å². The first-order chi connectivity index (χ1) is 16.4. The van der Waals surface area contributed by atoms with Crippen LogP contribution in [0.25, 0.3) is 11.6 Å². The molecule has 178 valence electrons. The van der Waals surface area contributed by atoms with Crippen LogP contribution in [0.5, 0.6) is 23.0 Å². The zero-order valence-corrected chi connectivity index (χ0v) is 19.8. The Labute approximate surface area is 199 Å². The Balaban J connectivity index is 1.67. The number of fused-ring (bicyclic) bond motifs is 1. The molecular formula is C27H29NO6. The van der Waals surface area contributed by atoms with Gasteiger partial charge in [0.1, 0.15) is 11.5 Å². The van der Waals surface area contributed by atoms with E-state index >= 15 is 0 Å². The van der Waals surface area contributed by atoms with E-state index in [1.165, 1.54) is 14.2 Å². The number of hydrogen-bond acceptors (Lipinski definition) is 6. The van der Waals surface area contributed by atoms with Crippen molar-refractivity contribution in [3.05, 3.63) is 71.2 Å². The Kier molecular flexibility index (Phi) is 6.82. The van der Waals surface area contributed by atoms with Crippen molar-refractivity contribution < 1.29 is 28.5 Å². The molecule has 1 aliphatic carbocycles. The first kappa shape index (κ1) is 23.3. The molecule has 2 N–H and O–H groups in total. The summed E-state index contributed by atoms with van der Waals surface area (Å²) in [4.78, 5) is 12.8. The zero-order chi connectivity index (χ0) is 24.2. The molecule has 0 radical (unpaired) electrons. The number of carbonyl (C=O) groups excluding carboxylic acids is 1. The second kappa shape index (κ2) is 9.95. The van der Waals surface area contributed by atoms with Gasteiger partial charge in [-0.05, 0) is 70.5 Å². The van der Waals surface area contributed by atoms with E-state index in [9.17, 15) is 9.90 Å². The molecule has 2 atom stereocenters. The molecule has 7 heteroatoms. The molecule has 0 fully saturated rings. The van der Waals surface area contributed by atoms with Crippen LogP contribution in [-0.4, -0.2) is 32.3 Å². The number of nitrogens with one attached hydrogen (secondary N) is 1. The number of phenols is 1. The van der Waals surface area contributed by atoms with E-state index in [0.29, 0.717) is 30.2 Å². The van der Waals surface area contributed by atoms with Gasteiger partial charge in [-0.1, -0.05) is 19.1 Å². The Bertz CT molecular complexity index is 1170. The molecule has 0 bridgehead atoms. The monoisotopic (exact) mass is 463 g/mol. The fourth-order valence-electron chi connectivity index (χ4n) is 4.51. The highest BCUT2D eigenvalue weighted by atomic mass is 16.5. The normalized spacial score (nSPS) is 17.9. The van der Waals surface area contributed by atoms with E-state index < -0.39 is 0 Å². The van der Waals surface area contributed by atoms with Crippen LogP contribution in [0.4, 0.5) is 0 Å². The van der Waals surface area contributed by atoms with Gasteiger partial charge in [-0.15, -0.1) is 0 Å². The van der Waals surface area contributed by atoms with Crippen LogP contribution in [0.1, 0.15) is 41.7 Å². The van der Waals surface area contributed by atoms with Crippen LogP contribution in [0, 0.1) is 5.92 Å². The molecule has 2 unspecified atom stereocenters. The molecule has 2 aromatic carbocycles. The van der Waals surface area contributed by atoms with Crippen molar-refractivity contribution in [2.75, 3.05) is 21.3 Å². The summed E-state index contributed by atoms with van der Waals surface area (Å²) in [7, 11) is 4.64.